The van der Waals surface area contributed by atoms with Crippen molar-refractivity contribution < 1.29 is 14.6 Å². The SMILES string of the molecule is COc1ccc(NC(=O)c2ccccc2O)cc1Cl. The molecule has 2 N–H and O–H groups in total. The first-order valence-corrected chi connectivity index (χ1v) is 5.92. The zero-order chi connectivity index (χ0) is 13.8. The van der Waals surface area contributed by atoms with Gasteiger partial charge in [-0.25, -0.2) is 0 Å². The van der Waals surface area contributed by atoms with Gasteiger partial charge in [-0.3, -0.25) is 4.79 Å². The Balaban J connectivity index is 2.20. The van der Waals surface area contributed by atoms with Gasteiger partial charge in [0.1, 0.15) is 11.5 Å². The predicted octanol–water partition coefficient (Wildman–Crippen LogP) is 3.31. The predicted molar refractivity (Wildman–Crippen MR) is 74.1 cm³/mol. The minimum absolute atomic E-state index is 0.0698. The largest absolute Gasteiger partial charge is 0.507 e. The summed E-state index contributed by atoms with van der Waals surface area (Å²) in [5.41, 5.74) is 0.730. The van der Waals surface area contributed by atoms with Crippen LogP contribution in [-0.2, 0) is 0 Å². The maximum atomic E-state index is 12.0. The number of nitrogens with one attached hydrogen (secondary N) is 1. The van der Waals surface area contributed by atoms with Crippen molar-refractivity contribution in [1.29, 1.82) is 0 Å². The zero-order valence-electron chi connectivity index (χ0n) is 10.2. The van der Waals surface area contributed by atoms with E-state index in [4.69, 9.17) is 16.3 Å². The van der Waals surface area contributed by atoms with Crippen LogP contribution in [0.25, 0.3) is 0 Å². The van der Waals surface area contributed by atoms with E-state index < -0.39 is 5.91 Å². The normalized spacial score (nSPS) is 10.0. The van der Waals surface area contributed by atoms with Crippen molar-refractivity contribution in [2.24, 2.45) is 0 Å². The summed E-state index contributed by atoms with van der Waals surface area (Å²) in [5, 5.41) is 12.6. The second-order valence-corrected chi connectivity index (χ2v) is 4.23. The Morgan fingerprint density at radius 2 is 2.00 bits per heavy atom. The Kier molecular flexibility index (Phi) is 3.92. The van der Waals surface area contributed by atoms with Crippen LogP contribution in [0.5, 0.6) is 11.5 Å². The fraction of sp³-hybridized carbons (Fsp3) is 0.0714. The molecule has 0 bridgehead atoms. The van der Waals surface area contributed by atoms with Crippen LogP contribution in [0.2, 0.25) is 5.02 Å². The standard InChI is InChI=1S/C14H12ClNO3/c1-19-13-7-6-9(8-11(13)15)16-14(18)10-4-2-3-5-12(10)17/h2-8,17H,1H3,(H,16,18). The lowest BCUT2D eigenvalue weighted by molar-refractivity contribution is 0.102. The maximum absolute atomic E-state index is 12.0. The molecule has 0 saturated heterocycles. The minimum atomic E-state index is -0.403. The molecule has 0 aromatic heterocycles. The van der Waals surface area contributed by atoms with E-state index in [9.17, 15) is 9.90 Å². The highest BCUT2D eigenvalue weighted by atomic mass is 35.5. The van der Waals surface area contributed by atoms with Gasteiger partial charge in [-0.05, 0) is 30.3 Å². The van der Waals surface area contributed by atoms with E-state index in [0.29, 0.717) is 16.5 Å². The number of halogens is 1. The number of methoxy groups -OCH3 is 1. The number of carbonyl (C=O) groups is 1. The van der Waals surface area contributed by atoms with Crippen molar-refractivity contribution in [2.75, 3.05) is 12.4 Å². The second-order valence-electron chi connectivity index (χ2n) is 3.82. The third kappa shape index (κ3) is 2.98. The van der Waals surface area contributed by atoms with Crippen LogP contribution in [0, 0.1) is 0 Å². The van der Waals surface area contributed by atoms with Crippen LogP contribution < -0.4 is 10.1 Å². The van der Waals surface area contributed by atoms with Gasteiger partial charge in [0.25, 0.3) is 5.91 Å². The fourth-order valence-electron chi connectivity index (χ4n) is 1.61. The van der Waals surface area contributed by atoms with E-state index in [1.807, 2.05) is 0 Å². The molecule has 0 radical (unpaired) electrons. The molecular weight excluding hydrogens is 266 g/mol. The molecule has 5 heteroatoms. The number of anilines is 1. The van der Waals surface area contributed by atoms with Gasteiger partial charge >= 0.3 is 0 Å². The Bertz CT molecular complexity index is 613. The number of ether oxygens (including phenoxy) is 1. The van der Waals surface area contributed by atoms with E-state index in [1.165, 1.54) is 19.2 Å². The number of aromatic hydroxyl groups is 1. The minimum Gasteiger partial charge on any atom is -0.507 e. The summed E-state index contributed by atoms with van der Waals surface area (Å²) >= 11 is 5.96. The lowest BCUT2D eigenvalue weighted by Gasteiger charge is -2.08. The average molecular weight is 278 g/mol. The second kappa shape index (κ2) is 5.63. The Hall–Kier alpha value is -2.20. The summed E-state index contributed by atoms with van der Waals surface area (Å²) in [6, 6.07) is 11.2. The zero-order valence-corrected chi connectivity index (χ0v) is 10.9. The average Bonchev–Trinajstić information content (AvgIpc) is 2.39. The highest BCUT2D eigenvalue weighted by Crippen LogP contribution is 2.27. The van der Waals surface area contributed by atoms with Gasteiger partial charge in [-0.2, -0.15) is 0 Å². The number of benzene rings is 2. The molecule has 0 heterocycles. The van der Waals surface area contributed by atoms with Crippen molar-refractivity contribution in [2.45, 2.75) is 0 Å². The van der Waals surface area contributed by atoms with E-state index in [1.54, 1.807) is 30.3 Å². The number of phenols is 1. The van der Waals surface area contributed by atoms with E-state index in [-0.39, 0.29) is 11.3 Å². The van der Waals surface area contributed by atoms with Gasteiger partial charge in [0.2, 0.25) is 0 Å². The van der Waals surface area contributed by atoms with Gasteiger partial charge in [-0.1, -0.05) is 23.7 Å². The topological polar surface area (TPSA) is 58.6 Å². The summed E-state index contributed by atoms with van der Waals surface area (Å²) < 4.78 is 5.02. The third-order valence-corrected chi connectivity index (χ3v) is 2.85. The van der Waals surface area contributed by atoms with Gasteiger partial charge in [0.05, 0.1) is 17.7 Å². The van der Waals surface area contributed by atoms with E-state index in [2.05, 4.69) is 5.32 Å². The van der Waals surface area contributed by atoms with Gasteiger partial charge < -0.3 is 15.2 Å². The van der Waals surface area contributed by atoms with Crippen molar-refractivity contribution in [3.05, 3.63) is 53.1 Å². The number of rotatable bonds is 3. The first kappa shape index (κ1) is 13.2. The molecule has 2 aromatic rings. The lowest BCUT2D eigenvalue weighted by Crippen LogP contribution is -2.11. The Morgan fingerprint density at radius 3 is 2.63 bits per heavy atom. The van der Waals surface area contributed by atoms with Crippen LogP contribution >= 0.6 is 11.6 Å². The molecule has 0 saturated carbocycles. The van der Waals surface area contributed by atoms with Crippen molar-refractivity contribution in [3.63, 3.8) is 0 Å². The molecule has 0 aliphatic rings. The molecule has 98 valence electrons. The number of phenolic OH excluding ortho intramolecular Hbond substituents is 1. The first-order valence-electron chi connectivity index (χ1n) is 5.54. The molecule has 0 spiro atoms. The van der Waals surface area contributed by atoms with Crippen LogP contribution in [0.4, 0.5) is 5.69 Å². The number of amides is 1. The summed E-state index contributed by atoms with van der Waals surface area (Å²) in [4.78, 5) is 12.0. The van der Waals surface area contributed by atoms with Crippen molar-refractivity contribution >= 4 is 23.2 Å². The summed E-state index contributed by atoms with van der Waals surface area (Å²) in [6.45, 7) is 0. The summed E-state index contributed by atoms with van der Waals surface area (Å²) in [6.07, 6.45) is 0. The molecular formula is C14H12ClNO3. The van der Waals surface area contributed by atoms with E-state index >= 15 is 0 Å². The molecule has 0 atom stereocenters. The highest BCUT2D eigenvalue weighted by molar-refractivity contribution is 6.32. The molecule has 19 heavy (non-hydrogen) atoms. The summed E-state index contributed by atoms with van der Waals surface area (Å²) in [5.74, 6) is 0.0566. The maximum Gasteiger partial charge on any atom is 0.259 e. The third-order valence-electron chi connectivity index (χ3n) is 2.56. The van der Waals surface area contributed by atoms with Crippen molar-refractivity contribution in [3.8, 4) is 11.5 Å². The van der Waals surface area contributed by atoms with Gasteiger partial charge in [0, 0.05) is 5.69 Å². The first-order chi connectivity index (χ1) is 9.11. The van der Waals surface area contributed by atoms with Crippen LogP contribution in [-0.4, -0.2) is 18.1 Å². The number of hydrogen-bond donors (Lipinski definition) is 2. The van der Waals surface area contributed by atoms with Gasteiger partial charge in [-0.15, -0.1) is 0 Å². The highest BCUT2D eigenvalue weighted by Gasteiger charge is 2.11. The molecule has 0 fully saturated rings. The Morgan fingerprint density at radius 1 is 1.26 bits per heavy atom. The molecule has 4 nitrogen and oxygen atoms in total. The number of para-hydroxylation sites is 1. The molecule has 0 unspecified atom stereocenters. The number of carbonyl (C=O) groups excluding carboxylic acids is 1. The van der Waals surface area contributed by atoms with Crippen molar-refractivity contribution in [1.82, 2.24) is 0 Å². The smallest absolute Gasteiger partial charge is 0.259 e. The van der Waals surface area contributed by atoms with E-state index in [0.717, 1.165) is 0 Å². The molecule has 0 aliphatic carbocycles. The van der Waals surface area contributed by atoms with Crippen LogP contribution in [0.1, 0.15) is 10.4 Å². The molecule has 1 amide bonds. The molecule has 2 rings (SSSR count). The monoisotopic (exact) mass is 277 g/mol. The van der Waals surface area contributed by atoms with Crippen LogP contribution in [0.15, 0.2) is 42.5 Å². The number of hydrogen-bond acceptors (Lipinski definition) is 3. The van der Waals surface area contributed by atoms with Crippen LogP contribution in [0.3, 0.4) is 0 Å². The Labute approximate surface area is 115 Å². The quantitative estimate of drug-likeness (QED) is 0.905. The molecule has 0 aliphatic heterocycles. The van der Waals surface area contributed by atoms with Gasteiger partial charge in [0.15, 0.2) is 0 Å². The molecule has 2 aromatic carbocycles. The fourth-order valence-corrected chi connectivity index (χ4v) is 1.87. The lowest BCUT2D eigenvalue weighted by atomic mass is 10.2. The summed E-state index contributed by atoms with van der Waals surface area (Å²) in [7, 11) is 1.52.